The Bertz CT molecular complexity index is 1510. The highest BCUT2D eigenvalue weighted by atomic mass is 16.6. The van der Waals surface area contributed by atoms with Crippen molar-refractivity contribution in [3.8, 4) is 33.9 Å². The molecule has 0 saturated heterocycles. The molecule has 0 unspecified atom stereocenters. The summed E-state index contributed by atoms with van der Waals surface area (Å²) in [6.07, 6.45) is 0. The van der Waals surface area contributed by atoms with Gasteiger partial charge in [0, 0.05) is 16.8 Å². The van der Waals surface area contributed by atoms with Crippen molar-refractivity contribution in [1.82, 2.24) is 0 Å². The van der Waals surface area contributed by atoms with Crippen molar-refractivity contribution >= 4 is 23.3 Å². The molecule has 37 heavy (non-hydrogen) atoms. The lowest BCUT2D eigenvalue weighted by molar-refractivity contribution is -0.384. The Kier molecular flexibility index (Phi) is 6.92. The van der Waals surface area contributed by atoms with E-state index in [2.05, 4.69) is 5.32 Å². The van der Waals surface area contributed by atoms with Gasteiger partial charge in [0.15, 0.2) is 11.5 Å². The molecule has 1 amide bonds. The van der Waals surface area contributed by atoms with E-state index < -0.39 is 16.8 Å². The lowest BCUT2D eigenvalue weighted by Gasteiger charge is -2.12. The molecule has 4 aromatic rings. The van der Waals surface area contributed by atoms with Gasteiger partial charge in [0.05, 0.1) is 30.8 Å². The summed E-state index contributed by atoms with van der Waals surface area (Å²) in [5.41, 5.74) is 2.06. The number of furan rings is 1. The summed E-state index contributed by atoms with van der Waals surface area (Å²) in [5.74, 6) is -0.248. The molecule has 0 spiro atoms. The average Bonchev–Trinajstić information content (AvgIpc) is 3.30. The molecule has 3 aromatic carbocycles. The van der Waals surface area contributed by atoms with Crippen LogP contribution >= 0.6 is 0 Å². The third kappa shape index (κ3) is 5.13. The first kappa shape index (κ1) is 25.0. The lowest BCUT2D eigenvalue weighted by Crippen LogP contribution is -2.11. The Morgan fingerprint density at radius 2 is 1.62 bits per heavy atom. The van der Waals surface area contributed by atoms with Gasteiger partial charge in [-0.15, -0.1) is 0 Å². The molecule has 0 atom stereocenters. The second kappa shape index (κ2) is 10.2. The molecule has 0 aliphatic rings. The number of hydrogen-bond donors (Lipinski definition) is 2. The highest BCUT2D eigenvalue weighted by molar-refractivity contribution is 6.05. The predicted molar refractivity (Wildman–Crippen MR) is 135 cm³/mol. The number of nitrogens with zero attached hydrogens (tertiary/aromatic N) is 1. The standard InChI is InChI=1S/C27H22N2O8/c1-15-20(27(31)32)12-23(37-15)16-7-9-19(10-8-16)28-26(30)18-6-4-5-17(11-18)21-13-24(35-2)25(36-3)14-22(21)29(33)34/h4-14H,1-3H3,(H,28,30)(H,31,32). The van der Waals surface area contributed by atoms with E-state index in [4.69, 9.17) is 13.9 Å². The third-order valence-corrected chi connectivity index (χ3v) is 5.71. The molecular formula is C27H22N2O8. The van der Waals surface area contributed by atoms with E-state index in [9.17, 15) is 24.8 Å². The van der Waals surface area contributed by atoms with Crippen LogP contribution in [-0.2, 0) is 0 Å². The van der Waals surface area contributed by atoms with Crippen molar-refractivity contribution in [2.24, 2.45) is 0 Å². The summed E-state index contributed by atoms with van der Waals surface area (Å²) in [7, 11) is 2.82. The number of carbonyl (C=O) groups is 2. The Balaban J connectivity index is 1.58. The second-order valence-electron chi connectivity index (χ2n) is 7.98. The van der Waals surface area contributed by atoms with Gasteiger partial charge in [-0.1, -0.05) is 12.1 Å². The number of ether oxygens (including phenoxy) is 2. The van der Waals surface area contributed by atoms with Crippen LogP contribution < -0.4 is 14.8 Å². The monoisotopic (exact) mass is 502 g/mol. The third-order valence-electron chi connectivity index (χ3n) is 5.71. The van der Waals surface area contributed by atoms with Crippen LogP contribution in [0.2, 0.25) is 0 Å². The number of benzene rings is 3. The van der Waals surface area contributed by atoms with Crippen molar-refractivity contribution in [2.75, 3.05) is 19.5 Å². The van der Waals surface area contributed by atoms with Crippen LogP contribution in [0.1, 0.15) is 26.5 Å². The highest BCUT2D eigenvalue weighted by Gasteiger charge is 2.22. The minimum absolute atomic E-state index is 0.0852. The average molecular weight is 502 g/mol. The number of amides is 1. The molecule has 2 N–H and O–H groups in total. The van der Waals surface area contributed by atoms with Crippen molar-refractivity contribution in [1.29, 1.82) is 0 Å². The molecular weight excluding hydrogens is 480 g/mol. The van der Waals surface area contributed by atoms with Crippen molar-refractivity contribution in [3.05, 3.63) is 93.7 Å². The predicted octanol–water partition coefficient (Wildman–Crippen LogP) is 5.80. The number of hydrogen-bond acceptors (Lipinski definition) is 7. The van der Waals surface area contributed by atoms with Gasteiger partial charge >= 0.3 is 5.97 Å². The summed E-state index contributed by atoms with van der Waals surface area (Å²) < 4.78 is 16.0. The first-order valence-electron chi connectivity index (χ1n) is 11.0. The molecule has 10 nitrogen and oxygen atoms in total. The minimum Gasteiger partial charge on any atom is -0.493 e. The van der Waals surface area contributed by atoms with E-state index in [1.165, 1.54) is 32.4 Å². The van der Waals surface area contributed by atoms with Crippen LogP contribution in [0.4, 0.5) is 11.4 Å². The number of nitro groups is 1. The van der Waals surface area contributed by atoms with Crippen LogP contribution in [0, 0.1) is 17.0 Å². The first-order chi connectivity index (χ1) is 17.7. The van der Waals surface area contributed by atoms with Gasteiger partial charge in [-0.2, -0.15) is 0 Å². The van der Waals surface area contributed by atoms with E-state index in [1.54, 1.807) is 55.5 Å². The summed E-state index contributed by atoms with van der Waals surface area (Å²) in [6, 6.07) is 17.4. The van der Waals surface area contributed by atoms with Crippen molar-refractivity contribution < 1.29 is 33.5 Å². The van der Waals surface area contributed by atoms with Gasteiger partial charge in [-0.25, -0.2) is 4.79 Å². The topological polar surface area (TPSA) is 141 Å². The summed E-state index contributed by atoms with van der Waals surface area (Å²) in [6.45, 7) is 1.58. The zero-order valence-corrected chi connectivity index (χ0v) is 20.1. The number of carboxylic acid groups (broad SMARTS) is 1. The van der Waals surface area contributed by atoms with Crippen molar-refractivity contribution in [2.45, 2.75) is 6.92 Å². The van der Waals surface area contributed by atoms with Gasteiger partial charge < -0.3 is 24.3 Å². The van der Waals surface area contributed by atoms with Crippen LogP contribution in [0.3, 0.4) is 0 Å². The fourth-order valence-corrected chi connectivity index (χ4v) is 3.84. The number of nitro benzene ring substituents is 1. The van der Waals surface area contributed by atoms with Crippen LogP contribution in [-0.4, -0.2) is 36.1 Å². The Morgan fingerprint density at radius 3 is 2.22 bits per heavy atom. The van der Waals surface area contributed by atoms with Gasteiger partial charge in [-0.3, -0.25) is 14.9 Å². The molecule has 0 fully saturated rings. The molecule has 0 aliphatic heterocycles. The van der Waals surface area contributed by atoms with E-state index in [1.807, 2.05) is 0 Å². The maximum atomic E-state index is 12.9. The number of rotatable bonds is 8. The maximum Gasteiger partial charge on any atom is 0.339 e. The summed E-state index contributed by atoms with van der Waals surface area (Å²) in [4.78, 5) is 35.4. The number of anilines is 1. The largest absolute Gasteiger partial charge is 0.493 e. The molecule has 0 aliphatic carbocycles. The van der Waals surface area contributed by atoms with E-state index >= 15 is 0 Å². The molecule has 1 aromatic heterocycles. The quantitative estimate of drug-likeness (QED) is 0.228. The zero-order valence-electron chi connectivity index (χ0n) is 20.1. The van der Waals surface area contributed by atoms with E-state index in [0.29, 0.717) is 39.6 Å². The lowest BCUT2D eigenvalue weighted by atomic mass is 10.00. The number of methoxy groups -OCH3 is 2. The van der Waals surface area contributed by atoms with Gasteiger partial charge in [-0.05, 0) is 61.0 Å². The SMILES string of the molecule is COc1cc(-c2cccc(C(=O)Nc3ccc(-c4cc(C(=O)O)c(C)o4)cc3)c2)c([N+](=O)[O-])cc1OC. The van der Waals surface area contributed by atoms with Crippen LogP contribution in [0.15, 0.2) is 71.1 Å². The number of carboxylic acids is 1. The van der Waals surface area contributed by atoms with E-state index in [-0.39, 0.29) is 22.6 Å². The Labute approximate surface area is 211 Å². The molecule has 1 heterocycles. The maximum absolute atomic E-state index is 12.9. The molecule has 0 bridgehead atoms. The summed E-state index contributed by atoms with van der Waals surface area (Å²) >= 11 is 0. The smallest absolute Gasteiger partial charge is 0.339 e. The summed E-state index contributed by atoms with van der Waals surface area (Å²) in [5, 5.41) is 23.7. The molecule has 188 valence electrons. The normalized spacial score (nSPS) is 10.6. The number of aryl methyl sites for hydroxylation is 1. The van der Waals surface area contributed by atoms with E-state index in [0.717, 1.165) is 0 Å². The molecule has 10 heteroatoms. The van der Waals surface area contributed by atoms with Gasteiger partial charge in [0.1, 0.15) is 17.1 Å². The second-order valence-corrected chi connectivity index (χ2v) is 7.98. The first-order valence-corrected chi connectivity index (χ1v) is 11.0. The zero-order chi connectivity index (χ0) is 26.7. The molecule has 4 rings (SSSR count). The fourth-order valence-electron chi connectivity index (χ4n) is 3.84. The Hall–Kier alpha value is -5.12. The van der Waals surface area contributed by atoms with Crippen LogP contribution in [0.25, 0.3) is 22.5 Å². The molecule has 0 saturated carbocycles. The van der Waals surface area contributed by atoms with Crippen molar-refractivity contribution in [3.63, 3.8) is 0 Å². The van der Waals surface area contributed by atoms with Gasteiger partial charge in [0.25, 0.3) is 11.6 Å². The Morgan fingerprint density at radius 1 is 0.946 bits per heavy atom. The highest BCUT2D eigenvalue weighted by Crippen LogP contribution is 2.40. The van der Waals surface area contributed by atoms with Crippen LogP contribution in [0.5, 0.6) is 11.5 Å². The number of nitrogens with one attached hydrogen (secondary N) is 1. The number of aromatic carboxylic acids is 1. The fraction of sp³-hybridized carbons (Fsp3) is 0.111. The number of carbonyl (C=O) groups excluding carboxylic acids is 1. The van der Waals surface area contributed by atoms with Gasteiger partial charge in [0.2, 0.25) is 0 Å². The minimum atomic E-state index is -1.07. The molecule has 0 radical (unpaired) electrons.